The lowest BCUT2D eigenvalue weighted by molar-refractivity contribution is 0.271. The van der Waals surface area contributed by atoms with Gasteiger partial charge in [-0.2, -0.15) is 4.39 Å². The number of halogens is 1. The first-order valence-electron chi connectivity index (χ1n) is 8.07. The van der Waals surface area contributed by atoms with Gasteiger partial charge >= 0.3 is 0 Å². The fraction of sp³-hybridized carbons (Fsp3) is 0.263. The van der Waals surface area contributed by atoms with Gasteiger partial charge in [-0.3, -0.25) is 10.3 Å². The first-order chi connectivity index (χ1) is 12.3. The third-order valence-corrected chi connectivity index (χ3v) is 3.90. The van der Waals surface area contributed by atoms with Crippen LogP contribution in [0.5, 0.6) is 0 Å². The number of pyridine rings is 2. The average Bonchev–Trinajstić information content (AvgIpc) is 2.63. The van der Waals surface area contributed by atoms with E-state index in [2.05, 4.69) is 32.2 Å². The van der Waals surface area contributed by atoms with E-state index in [0.29, 0.717) is 5.69 Å². The summed E-state index contributed by atoms with van der Waals surface area (Å²) in [6.45, 7) is 1.72. The van der Waals surface area contributed by atoms with Gasteiger partial charge in [0.05, 0.1) is 7.11 Å². The van der Waals surface area contributed by atoms with E-state index in [1.807, 2.05) is 18.2 Å². The molecule has 0 spiro atoms. The highest BCUT2D eigenvalue weighted by molar-refractivity contribution is 5.64. The smallest absolute Gasteiger partial charge is 0.214 e. The Kier molecular flexibility index (Phi) is 5.60. The molecule has 0 unspecified atom stereocenters. The molecule has 0 aromatic carbocycles. The van der Waals surface area contributed by atoms with Crippen LogP contribution in [0.2, 0.25) is 0 Å². The van der Waals surface area contributed by atoms with Gasteiger partial charge in [0, 0.05) is 19.3 Å². The number of piperidine rings is 1. The van der Waals surface area contributed by atoms with Gasteiger partial charge in [-0.05, 0) is 49.1 Å². The molecule has 25 heavy (non-hydrogen) atoms. The van der Waals surface area contributed by atoms with Crippen LogP contribution in [-0.4, -0.2) is 30.2 Å². The van der Waals surface area contributed by atoms with E-state index in [4.69, 9.17) is 4.84 Å². The zero-order valence-corrected chi connectivity index (χ0v) is 14.0. The van der Waals surface area contributed by atoms with Gasteiger partial charge < -0.3 is 4.90 Å². The molecule has 2 aromatic rings. The maximum Gasteiger partial charge on any atom is 0.214 e. The third kappa shape index (κ3) is 4.55. The lowest BCUT2D eigenvalue weighted by atomic mass is 10.0. The number of nitrogens with zero attached hydrogens (tertiary/aromatic N) is 3. The molecule has 3 heterocycles. The Hall–Kier alpha value is -2.91. The van der Waals surface area contributed by atoms with E-state index in [9.17, 15) is 4.39 Å². The molecule has 1 saturated heterocycles. The summed E-state index contributed by atoms with van der Waals surface area (Å²) in [6, 6.07) is 8.42. The molecule has 0 atom stereocenters. The Morgan fingerprint density at radius 2 is 2.08 bits per heavy atom. The van der Waals surface area contributed by atoms with Gasteiger partial charge in [0.15, 0.2) is 5.82 Å². The Balaban J connectivity index is 1.63. The SMILES string of the molecule is CONc1cccnc1N1CCC(=CC#Cc2cccc(F)n2)CC1. The molecule has 6 heteroatoms. The van der Waals surface area contributed by atoms with Crippen LogP contribution in [0.3, 0.4) is 0 Å². The molecule has 2 aromatic heterocycles. The minimum Gasteiger partial charge on any atom is -0.354 e. The minimum absolute atomic E-state index is 0.443. The van der Waals surface area contributed by atoms with Gasteiger partial charge in [0.2, 0.25) is 5.95 Å². The predicted molar refractivity (Wildman–Crippen MR) is 95.5 cm³/mol. The second-order valence-electron chi connectivity index (χ2n) is 5.59. The van der Waals surface area contributed by atoms with Crippen LogP contribution in [-0.2, 0) is 4.84 Å². The average molecular weight is 338 g/mol. The van der Waals surface area contributed by atoms with Crippen molar-refractivity contribution < 1.29 is 9.23 Å². The van der Waals surface area contributed by atoms with Crippen LogP contribution in [0.15, 0.2) is 48.2 Å². The third-order valence-electron chi connectivity index (χ3n) is 3.90. The summed E-state index contributed by atoms with van der Waals surface area (Å²) < 4.78 is 13.0. The van der Waals surface area contributed by atoms with Gasteiger partial charge in [0.25, 0.3) is 0 Å². The first kappa shape index (κ1) is 16.9. The van der Waals surface area contributed by atoms with Gasteiger partial charge in [-0.15, -0.1) is 0 Å². The van der Waals surface area contributed by atoms with E-state index in [-0.39, 0.29) is 0 Å². The molecule has 1 N–H and O–H groups in total. The quantitative estimate of drug-likeness (QED) is 0.529. The van der Waals surface area contributed by atoms with Crippen molar-refractivity contribution in [3.05, 3.63) is 59.8 Å². The van der Waals surface area contributed by atoms with E-state index < -0.39 is 5.95 Å². The van der Waals surface area contributed by atoms with Crippen molar-refractivity contribution in [2.45, 2.75) is 12.8 Å². The minimum atomic E-state index is -0.511. The van der Waals surface area contributed by atoms with E-state index in [1.54, 1.807) is 25.4 Å². The summed E-state index contributed by atoms with van der Waals surface area (Å²) in [7, 11) is 1.58. The van der Waals surface area contributed by atoms with Crippen molar-refractivity contribution in [3.8, 4) is 11.8 Å². The summed E-state index contributed by atoms with van der Waals surface area (Å²) in [5.74, 6) is 6.23. The monoisotopic (exact) mass is 338 g/mol. The summed E-state index contributed by atoms with van der Waals surface area (Å²) >= 11 is 0. The van der Waals surface area contributed by atoms with Gasteiger partial charge in [-0.1, -0.05) is 17.6 Å². The highest BCUT2D eigenvalue weighted by Crippen LogP contribution is 2.27. The first-order valence-corrected chi connectivity index (χ1v) is 8.07. The summed E-state index contributed by atoms with van der Waals surface area (Å²) in [6.07, 6.45) is 5.51. The Morgan fingerprint density at radius 3 is 2.84 bits per heavy atom. The number of allylic oxidation sites excluding steroid dienone is 1. The number of rotatable bonds is 3. The van der Waals surface area contributed by atoms with Gasteiger partial charge in [-0.25, -0.2) is 9.97 Å². The van der Waals surface area contributed by atoms with Crippen molar-refractivity contribution in [2.75, 3.05) is 30.6 Å². The molecule has 0 bridgehead atoms. The molecular weight excluding hydrogens is 319 g/mol. The van der Waals surface area contributed by atoms with Crippen molar-refractivity contribution >= 4 is 11.5 Å². The maximum atomic E-state index is 13.0. The standard InChI is InChI=1S/C19H19FN4O/c1-25-23-17-8-4-12-21-19(17)24-13-10-15(11-14-24)5-2-6-16-7-3-9-18(20)22-16/h3-5,7-9,12,23H,10-11,13-14H2,1H3. The van der Waals surface area contributed by atoms with Crippen LogP contribution in [0, 0.1) is 17.8 Å². The van der Waals surface area contributed by atoms with Crippen LogP contribution >= 0.6 is 0 Å². The Labute approximate surface area is 146 Å². The van der Waals surface area contributed by atoms with Crippen LogP contribution < -0.4 is 10.4 Å². The summed E-state index contributed by atoms with van der Waals surface area (Å²) in [4.78, 5) is 15.4. The van der Waals surface area contributed by atoms with Crippen LogP contribution in [0.1, 0.15) is 18.5 Å². The molecular formula is C19H19FN4O. The number of nitrogens with one attached hydrogen (secondary N) is 1. The number of hydrogen-bond donors (Lipinski definition) is 1. The highest BCUT2D eigenvalue weighted by Gasteiger charge is 2.17. The molecule has 1 fully saturated rings. The fourth-order valence-corrected chi connectivity index (χ4v) is 2.68. The van der Waals surface area contributed by atoms with Crippen LogP contribution in [0.25, 0.3) is 0 Å². The maximum absolute atomic E-state index is 13.0. The van der Waals surface area contributed by atoms with Crippen molar-refractivity contribution in [1.29, 1.82) is 0 Å². The fourth-order valence-electron chi connectivity index (χ4n) is 2.68. The molecule has 1 aliphatic rings. The molecule has 0 aliphatic carbocycles. The lowest BCUT2D eigenvalue weighted by Gasteiger charge is -2.30. The Morgan fingerprint density at radius 1 is 1.24 bits per heavy atom. The molecule has 128 valence electrons. The van der Waals surface area contributed by atoms with E-state index in [1.165, 1.54) is 11.6 Å². The zero-order chi connectivity index (χ0) is 17.5. The highest BCUT2D eigenvalue weighted by atomic mass is 19.1. The van der Waals surface area contributed by atoms with Crippen molar-refractivity contribution in [2.24, 2.45) is 0 Å². The predicted octanol–water partition coefficient (Wildman–Crippen LogP) is 3.17. The van der Waals surface area contributed by atoms with E-state index >= 15 is 0 Å². The molecule has 0 amide bonds. The van der Waals surface area contributed by atoms with E-state index in [0.717, 1.165) is 37.4 Å². The normalized spacial score (nSPS) is 13.8. The molecule has 5 nitrogen and oxygen atoms in total. The van der Waals surface area contributed by atoms with Crippen molar-refractivity contribution in [1.82, 2.24) is 9.97 Å². The van der Waals surface area contributed by atoms with Gasteiger partial charge in [0.1, 0.15) is 11.4 Å². The molecule has 1 aliphatic heterocycles. The molecule has 3 rings (SSSR count). The van der Waals surface area contributed by atoms with Crippen LogP contribution in [0.4, 0.5) is 15.9 Å². The second kappa shape index (κ2) is 8.27. The number of aromatic nitrogens is 2. The number of hydrogen-bond acceptors (Lipinski definition) is 5. The molecule has 0 radical (unpaired) electrons. The number of anilines is 2. The second-order valence-corrected chi connectivity index (χ2v) is 5.59. The zero-order valence-electron chi connectivity index (χ0n) is 14.0. The summed E-state index contributed by atoms with van der Waals surface area (Å²) in [5, 5.41) is 0. The summed E-state index contributed by atoms with van der Waals surface area (Å²) in [5.41, 5.74) is 5.44. The van der Waals surface area contributed by atoms with Crippen molar-refractivity contribution in [3.63, 3.8) is 0 Å². The largest absolute Gasteiger partial charge is 0.354 e. The lowest BCUT2D eigenvalue weighted by Crippen LogP contribution is -2.31. The molecule has 0 saturated carbocycles. The topological polar surface area (TPSA) is 50.3 Å². The Bertz CT molecular complexity index is 815.